The zero-order chi connectivity index (χ0) is 13.0. The van der Waals surface area contributed by atoms with Gasteiger partial charge in [-0.05, 0) is 29.8 Å². The number of para-hydroxylation sites is 2. The first kappa shape index (κ1) is 12.4. The molecule has 2 rings (SSSR count). The molecule has 0 aliphatic heterocycles. The fourth-order valence-corrected chi connectivity index (χ4v) is 1.56. The van der Waals surface area contributed by atoms with Gasteiger partial charge in [-0.15, -0.1) is 0 Å². The molecular weight excluding hydrogens is 235 g/mol. The summed E-state index contributed by atoms with van der Waals surface area (Å²) in [5.41, 5.74) is 0.436. The molecule has 0 bridgehead atoms. The van der Waals surface area contributed by atoms with Crippen molar-refractivity contribution in [2.24, 2.45) is 0 Å². The van der Waals surface area contributed by atoms with Crippen molar-refractivity contribution in [1.82, 2.24) is 0 Å². The summed E-state index contributed by atoms with van der Waals surface area (Å²) < 4.78 is 18.2. The molecule has 0 spiro atoms. The Morgan fingerprint density at radius 2 is 1.89 bits per heavy atom. The number of aromatic hydroxyl groups is 1. The quantitative estimate of drug-likeness (QED) is 0.874. The number of halogens is 1. The van der Waals surface area contributed by atoms with Crippen LogP contribution in [-0.2, 0) is 0 Å². The molecule has 0 heterocycles. The maximum absolute atomic E-state index is 13.0. The van der Waals surface area contributed by atoms with Gasteiger partial charge in [0.1, 0.15) is 18.5 Å². The van der Waals surface area contributed by atoms with Crippen molar-refractivity contribution in [2.45, 2.75) is 6.10 Å². The molecular formula is C14H13FO3. The summed E-state index contributed by atoms with van der Waals surface area (Å²) in [4.78, 5) is 0. The zero-order valence-electron chi connectivity index (χ0n) is 9.58. The Morgan fingerprint density at radius 3 is 2.61 bits per heavy atom. The summed E-state index contributed by atoms with van der Waals surface area (Å²) in [6, 6.07) is 12.2. The van der Waals surface area contributed by atoms with Gasteiger partial charge >= 0.3 is 0 Å². The second kappa shape index (κ2) is 5.51. The fourth-order valence-electron chi connectivity index (χ4n) is 1.56. The number of rotatable bonds is 4. The summed E-state index contributed by atoms with van der Waals surface area (Å²) in [7, 11) is 0. The zero-order valence-corrected chi connectivity index (χ0v) is 9.58. The first-order chi connectivity index (χ1) is 8.66. The minimum absolute atomic E-state index is 0.00365. The number of aliphatic hydroxyl groups excluding tert-OH is 1. The highest BCUT2D eigenvalue weighted by Gasteiger charge is 2.10. The summed E-state index contributed by atoms with van der Waals surface area (Å²) in [5, 5.41) is 19.3. The van der Waals surface area contributed by atoms with Crippen LogP contribution in [0.3, 0.4) is 0 Å². The standard InChI is InChI=1S/C14H13FO3/c15-11-5-3-4-10(8-11)13(17)9-18-14-7-2-1-6-12(14)16/h1-8,13,16-17H,9H2. The number of phenols is 1. The number of ether oxygens (including phenoxy) is 1. The maximum Gasteiger partial charge on any atom is 0.161 e. The van der Waals surface area contributed by atoms with Gasteiger partial charge in [-0.3, -0.25) is 0 Å². The minimum Gasteiger partial charge on any atom is -0.504 e. The van der Waals surface area contributed by atoms with E-state index in [9.17, 15) is 14.6 Å². The Labute approximate surface area is 104 Å². The number of hydrogen-bond acceptors (Lipinski definition) is 3. The summed E-state index contributed by atoms with van der Waals surface area (Å²) in [6.07, 6.45) is -0.944. The highest BCUT2D eigenvalue weighted by molar-refractivity contribution is 5.38. The molecule has 0 aromatic heterocycles. The molecule has 2 N–H and O–H groups in total. The number of hydrogen-bond donors (Lipinski definition) is 2. The van der Waals surface area contributed by atoms with Gasteiger partial charge in [0.2, 0.25) is 0 Å². The van der Waals surface area contributed by atoms with Gasteiger partial charge in [0, 0.05) is 0 Å². The molecule has 0 radical (unpaired) electrons. The van der Waals surface area contributed by atoms with Crippen molar-refractivity contribution in [2.75, 3.05) is 6.61 Å². The molecule has 4 heteroatoms. The molecule has 0 fully saturated rings. The van der Waals surface area contributed by atoms with Crippen LogP contribution in [0.2, 0.25) is 0 Å². The highest BCUT2D eigenvalue weighted by Crippen LogP contribution is 2.25. The van der Waals surface area contributed by atoms with E-state index in [-0.39, 0.29) is 18.1 Å². The van der Waals surface area contributed by atoms with E-state index < -0.39 is 11.9 Å². The molecule has 18 heavy (non-hydrogen) atoms. The fraction of sp³-hybridized carbons (Fsp3) is 0.143. The molecule has 0 saturated heterocycles. The average molecular weight is 248 g/mol. The Balaban J connectivity index is 2.00. The largest absolute Gasteiger partial charge is 0.504 e. The smallest absolute Gasteiger partial charge is 0.161 e. The van der Waals surface area contributed by atoms with Crippen LogP contribution >= 0.6 is 0 Å². The molecule has 0 aliphatic rings. The van der Waals surface area contributed by atoms with Crippen LogP contribution in [0, 0.1) is 5.82 Å². The third-order valence-corrected chi connectivity index (χ3v) is 2.50. The first-order valence-electron chi connectivity index (χ1n) is 5.51. The van der Waals surface area contributed by atoms with E-state index in [4.69, 9.17) is 4.74 Å². The Kier molecular flexibility index (Phi) is 3.79. The summed E-state index contributed by atoms with van der Waals surface area (Å²) in [6.45, 7) is -0.0545. The Morgan fingerprint density at radius 1 is 1.11 bits per heavy atom. The van der Waals surface area contributed by atoms with Gasteiger partial charge in [0.15, 0.2) is 11.5 Å². The number of aliphatic hydroxyl groups is 1. The monoisotopic (exact) mass is 248 g/mol. The van der Waals surface area contributed by atoms with E-state index in [1.807, 2.05) is 0 Å². The number of phenolic OH excluding ortho intramolecular Hbond substituents is 1. The minimum atomic E-state index is -0.944. The molecule has 0 amide bonds. The van der Waals surface area contributed by atoms with Crippen LogP contribution in [0.5, 0.6) is 11.5 Å². The second-order valence-electron chi connectivity index (χ2n) is 3.85. The molecule has 0 aliphatic carbocycles. The average Bonchev–Trinajstić information content (AvgIpc) is 2.37. The van der Waals surface area contributed by atoms with Crippen molar-refractivity contribution < 1.29 is 19.3 Å². The predicted molar refractivity (Wildman–Crippen MR) is 65.0 cm³/mol. The lowest BCUT2D eigenvalue weighted by Crippen LogP contribution is -2.09. The summed E-state index contributed by atoms with van der Waals surface area (Å²) >= 11 is 0. The van der Waals surface area contributed by atoms with Crippen LogP contribution in [0.25, 0.3) is 0 Å². The SMILES string of the molecule is Oc1ccccc1OCC(O)c1cccc(F)c1. The van der Waals surface area contributed by atoms with E-state index >= 15 is 0 Å². The van der Waals surface area contributed by atoms with Gasteiger partial charge in [0.05, 0.1) is 0 Å². The van der Waals surface area contributed by atoms with Gasteiger partial charge in [0.25, 0.3) is 0 Å². The normalized spacial score (nSPS) is 12.1. The molecule has 1 atom stereocenters. The lowest BCUT2D eigenvalue weighted by molar-refractivity contribution is 0.106. The van der Waals surface area contributed by atoms with Crippen LogP contribution < -0.4 is 4.74 Å². The van der Waals surface area contributed by atoms with Crippen LogP contribution in [0.1, 0.15) is 11.7 Å². The van der Waals surface area contributed by atoms with E-state index in [1.165, 1.54) is 24.3 Å². The van der Waals surface area contributed by atoms with E-state index in [0.717, 1.165) is 0 Å². The van der Waals surface area contributed by atoms with Crippen molar-refractivity contribution in [3.63, 3.8) is 0 Å². The first-order valence-corrected chi connectivity index (χ1v) is 5.51. The van der Waals surface area contributed by atoms with E-state index in [0.29, 0.717) is 5.56 Å². The number of benzene rings is 2. The molecule has 94 valence electrons. The van der Waals surface area contributed by atoms with Crippen molar-refractivity contribution >= 4 is 0 Å². The van der Waals surface area contributed by atoms with Crippen molar-refractivity contribution in [3.05, 3.63) is 59.9 Å². The molecule has 2 aromatic rings. The predicted octanol–water partition coefficient (Wildman–Crippen LogP) is 2.64. The summed E-state index contributed by atoms with van der Waals surface area (Å²) in [5.74, 6) is -0.119. The highest BCUT2D eigenvalue weighted by atomic mass is 19.1. The van der Waals surface area contributed by atoms with Crippen LogP contribution in [-0.4, -0.2) is 16.8 Å². The van der Waals surface area contributed by atoms with E-state index in [1.54, 1.807) is 24.3 Å². The van der Waals surface area contributed by atoms with Crippen molar-refractivity contribution in [3.8, 4) is 11.5 Å². The molecule has 2 aromatic carbocycles. The topological polar surface area (TPSA) is 49.7 Å². The molecule has 1 unspecified atom stereocenters. The van der Waals surface area contributed by atoms with Crippen LogP contribution in [0.15, 0.2) is 48.5 Å². The van der Waals surface area contributed by atoms with Gasteiger partial charge in [-0.1, -0.05) is 24.3 Å². The van der Waals surface area contributed by atoms with Gasteiger partial charge in [-0.2, -0.15) is 0 Å². The second-order valence-corrected chi connectivity index (χ2v) is 3.85. The lowest BCUT2D eigenvalue weighted by Gasteiger charge is -2.13. The molecule has 0 saturated carbocycles. The van der Waals surface area contributed by atoms with Crippen LogP contribution in [0.4, 0.5) is 4.39 Å². The van der Waals surface area contributed by atoms with Gasteiger partial charge in [-0.25, -0.2) is 4.39 Å². The maximum atomic E-state index is 13.0. The third kappa shape index (κ3) is 2.99. The van der Waals surface area contributed by atoms with E-state index in [2.05, 4.69) is 0 Å². The lowest BCUT2D eigenvalue weighted by atomic mass is 10.1. The van der Waals surface area contributed by atoms with Gasteiger partial charge < -0.3 is 14.9 Å². The molecule has 3 nitrogen and oxygen atoms in total. The Hall–Kier alpha value is -2.07. The third-order valence-electron chi connectivity index (χ3n) is 2.50. The van der Waals surface area contributed by atoms with Crippen molar-refractivity contribution in [1.29, 1.82) is 0 Å². The Bertz CT molecular complexity index is 528.